The van der Waals surface area contributed by atoms with E-state index in [1.54, 1.807) is 6.20 Å². The van der Waals surface area contributed by atoms with Gasteiger partial charge < -0.3 is 15.4 Å². The molecule has 0 aliphatic carbocycles. The molecule has 0 saturated carbocycles. The van der Waals surface area contributed by atoms with Gasteiger partial charge in [-0.05, 0) is 56.8 Å². The van der Waals surface area contributed by atoms with Crippen LogP contribution in [0.15, 0.2) is 24.5 Å². The average Bonchev–Trinajstić information content (AvgIpc) is 3.23. The fraction of sp³-hybridized carbons (Fsp3) is 0.667. The number of hydrogen-bond donors (Lipinski definition) is 2. The van der Waals surface area contributed by atoms with E-state index in [0.29, 0.717) is 31.2 Å². The van der Waals surface area contributed by atoms with Gasteiger partial charge in [-0.1, -0.05) is 6.07 Å². The highest BCUT2D eigenvalue weighted by molar-refractivity contribution is 5.73. The second-order valence-electron chi connectivity index (χ2n) is 6.82. The summed E-state index contributed by atoms with van der Waals surface area (Å²) in [6.07, 6.45) is 8.30. The topological polar surface area (TPSA) is 66.5 Å². The van der Waals surface area contributed by atoms with Gasteiger partial charge in [0.2, 0.25) is 0 Å². The molecule has 0 unspecified atom stereocenters. The predicted octanol–water partition coefficient (Wildman–Crippen LogP) is 1.94. The first kappa shape index (κ1) is 17.2. The highest BCUT2D eigenvalue weighted by Crippen LogP contribution is 2.35. The smallest absolute Gasteiger partial charge is 0.314 e. The highest BCUT2D eigenvalue weighted by Gasteiger charge is 2.33. The van der Waals surface area contributed by atoms with Crippen molar-refractivity contribution in [1.82, 2.24) is 20.5 Å². The van der Waals surface area contributed by atoms with E-state index < -0.39 is 0 Å². The third kappa shape index (κ3) is 4.45. The first-order valence-corrected chi connectivity index (χ1v) is 8.97. The van der Waals surface area contributed by atoms with Crippen molar-refractivity contribution in [3.8, 4) is 0 Å². The van der Waals surface area contributed by atoms with Crippen LogP contribution in [0.3, 0.4) is 0 Å². The minimum atomic E-state index is -0.0764. The molecule has 3 heterocycles. The van der Waals surface area contributed by atoms with E-state index in [2.05, 4.69) is 33.6 Å². The lowest BCUT2D eigenvalue weighted by Crippen LogP contribution is -2.40. The van der Waals surface area contributed by atoms with Gasteiger partial charge in [0.05, 0.1) is 6.10 Å². The fourth-order valence-corrected chi connectivity index (χ4v) is 3.82. The molecule has 2 saturated heterocycles. The molecular weight excluding hydrogens is 304 g/mol. The number of urea groups is 1. The summed E-state index contributed by atoms with van der Waals surface area (Å²) in [6.45, 7) is 3.27. The maximum atomic E-state index is 12.0. The number of nitrogens with one attached hydrogen (secondary N) is 2. The van der Waals surface area contributed by atoms with E-state index in [4.69, 9.17) is 4.74 Å². The Kier molecular flexibility index (Phi) is 6.04. The summed E-state index contributed by atoms with van der Waals surface area (Å²) < 4.78 is 5.57. The minimum absolute atomic E-state index is 0.0764. The van der Waals surface area contributed by atoms with Crippen LogP contribution >= 0.6 is 0 Å². The number of amides is 2. The Balaban J connectivity index is 1.42. The van der Waals surface area contributed by atoms with Crippen molar-refractivity contribution in [3.05, 3.63) is 30.1 Å². The standard InChI is InChI=1S/C18H28N4O2/c1-22-10-7-15(17(22)14-4-2-8-19-12-14)13-21-18(23)20-9-6-16-5-3-11-24-16/h2,4,8,12,15-17H,3,5-7,9-11,13H2,1H3,(H2,20,21,23)/t15-,16+,17-/m0/s1. The normalized spacial score (nSPS) is 27.3. The van der Waals surface area contributed by atoms with Crippen molar-refractivity contribution >= 4 is 6.03 Å². The van der Waals surface area contributed by atoms with Gasteiger partial charge in [0.25, 0.3) is 0 Å². The summed E-state index contributed by atoms with van der Waals surface area (Å²) in [5.74, 6) is 0.420. The zero-order chi connectivity index (χ0) is 16.8. The number of likely N-dealkylation sites (tertiary alicyclic amines) is 1. The van der Waals surface area contributed by atoms with Crippen LogP contribution in [0.25, 0.3) is 0 Å². The van der Waals surface area contributed by atoms with Gasteiger partial charge in [0.1, 0.15) is 0 Å². The van der Waals surface area contributed by atoms with E-state index in [1.807, 2.05) is 12.3 Å². The van der Waals surface area contributed by atoms with Crippen LogP contribution in [0.1, 0.15) is 37.3 Å². The lowest BCUT2D eigenvalue weighted by atomic mass is 9.95. The number of carbonyl (C=O) groups excluding carboxylic acids is 1. The van der Waals surface area contributed by atoms with Gasteiger partial charge in [-0.2, -0.15) is 0 Å². The average molecular weight is 332 g/mol. The molecule has 2 N–H and O–H groups in total. The van der Waals surface area contributed by atoms with Crippen LogP contribution in [-0.4, -0.2) is 55.3 Å². The third-order valence-corrected chi connectivity index (χ3v) is 5.10. The van der Waals surface area contributed by atoms with E-state index in [1.165, 1.54) is 5.56 Å². The Labute approximate surface area is 144 Å². The zero-order valence-corrected chi connectivity index (χ0v) is 14.4. The van der Waals surface area contributed by atoms with Crippen LogP contribution < -0.4 is 10.6 Å². The van der Waals surface area contributed by atoms with Crippen LogP contribution in [0.4, 0.5) is 4.79 Å². The Morgan fingerprint density at radius 3 is 3.08 bits per heavy atom. The van der Waals surface area contributed by atoms with Crippen molar-refractivity contribution in [3.63, 3.8) is 0 Å². The number of ether oxygens (including phenoxy) is 1. The van der Waals surface area contributed by atoms with Crippen molar-refractivity contribution < 1.29 is 9.53 Å². The number of nitrogens with zero attached hydrogens (tertiary/aromatic N) is 2. The highest BCUT2D eigenvalue weighted by atomic mass is 16.5. The first-order chi connectivity index (χ1) is 11.7. The number of rotatable bonds is 6. The maximum absolute atomic E-state index is 12.0. The molecule has 1 aromatic rings. The summed E-state index contributed by atoms with van der Waals surface area (Å²) in [5, 5.41) is 5.98. The third-order valence-electron chi connectivity index (χ3n) is 5.10. The quantitative estimate of drug-likeness (QED) is 0.835. The number of carbonyl (C=O) groups is 1. The Bertz CT molecular complexity index is 519. The molecule has 3 rings (SSSR count). The molecule has 3 atom stereocenters. The molecule has 2 aliphatic rings. The van der Waals surface area contributed by atoms with E-state index in [9.17, 15) is 4.79 Å². The van der Waals surface area contributed by atoms with E-state index in [0.717, 1.165) is 38.8 Å². The molecule has 2 amide bonds. The van der Waals surface area contributed by atoms with Crippen LogP contribution in [-0.2, 0) is 4.74 Å². The Hall–Kier alpha value is -1.66. The molecule has 24 heavy (non-hydrogen) atoms. The molecule has 1 aromatic heterocycles. The van der Waals surface area contributed by atoms with Gasteiger partial charge in [-0.15, -0.1) is 0 Å². The molecule has 6 nitrogen and oxygen atoms in total. The van der Waals surface area contributed by atoms with Gasteiger partial charge in [-0.3, -0.25) is 9.88 Å². The molecule has 0 spiro atoms. The fourth-order valence-electron chi connectivity index (χ4n) is 3.82. The molecule has 2 fully saturated rings. The predicted molar refractivity (Wildman–Crippen MR) is 92.7 cm³/mol. The van der Waals surface area contributed by atoms with Crippen LogP contribution in [0.5, 0.6) is 0 Å². The molecule has 2 aliphatic heterocycles. The molecular formula is C18H28N4O2. The van der Waals surface area contributed by atoms with Crippen molar-refractivity contribution in [2.45, 2.75) is 37.8 Å². The van der Waals surface area contributed by atoms with Crippen molar-refractivity contribution in [2.24, 2.45) is 5.92 Å². The maximum Gasteiger partial charge on any atom is 0.314 e. The van der Waals surface area contributed by atoms with Gasteiger partial charge >= 0.3 is 6.03 Å². The summed E-state index contributed by atoms with van der Waals surface area (Å²) in [5.41, 5.74) is 1.23. The van der Waals surface area contributed by atoms with Crippen LogP contribution in [0.2, 0.25) is 0 Å². The lowest BCUT2D eigenvalue weighted by molar-refractivity contribution is 0.104. The SMILES string of the molecule is CN1CC[C@@H](CNC(=O)NCC[C@H]2CCCO2)[C@@H]1c1cccnc1. The van der Waals surface area contributed by atoms with Crippen LogP contribution in [0, 0.1) is 5.92 Å². The van der Waals surface area contributed by atoms with Crippen molar-refractivity contribution in [2.75, 3.05) is 33.3 Å². The van der Waals surface area contributed by atoms with Crippen molar-refractivity contribution in [1.29, 1.82) is 0 Å². The van der Waals surface area contributed by atoms with Gasteiger partial charge in [0, 0.05) is 38.1 Å². The Morgan fingerprint density at radius 1 is 1.42 bits per heavy atom. The number of hydrogen-bond acceptors (Lipinski definition) is 4. The summed E-state index contributed by atoms with van der Waals surface area (Å²) in [7, 11) is 2.14. The largest absolute Gasteiger partial charge is 0.378 e. The second-order valence-corrected chi connectivity index (χ2v) is 6.82. The number of aromatic nitrogens is 1. The number of pyridine rings is 1. The molecule has 132 valence electrons. The zero-order valence-electron chi connectivity index (χ0n) is 14.4. The lowest BCUT2D eigenvalue weighted by Gasteiger charge is -2.25. The summed E-state index contributed by atoms with van der Waals surface area (Å²) in [4.78, 5) is 18.6. The van der Waals surface area contributed by atoms with Gasteiger partial charge in [-0.25, -0.2) is 4.79 Å². The summed E-state index contributed by atoms with van der Waals surface area (Å²) in [6, 6.07) is 4.34. The molecule has 0 bridgehead atoms. The minimum Gasteiger partial charge on any atom is -0.378 e. The Morgan fingerprint density at radius 2 is 2.33 bits per heavy atom. The first-order valence-electron chi connectivity index (χ1n) is 8.97. The summed E-state index contributed by atoms with van der Waals surface area (Å²) >= 11 is 0. The molecule has 0 aromatic carbocycles. The molecule has 6 heteroatoms. The van der Waals surface area contributed by atoms with E-state index >= 15 is 0 Å². The monoisotopic (exact) mass is 332 g/mol. The van der Waals surface area contributed by atoms with E-state index in [-0.39, 0.29) is 6.03 Å². The van der Waals surface area contributed by atoms with Gasteiger partial charge in [0.15, 0.2) is 0 Å². The second kappa shape index (κ2) is 8.44. The molecule has 0 radical (unpaired) electrons.